The van der Waals surface area contributed by atoms with Crippen LogP contribution in [0, 0.1) is 0 Å². The van der Waals surface area contributed by atoms with Crippen LogP contribution in [0.25, 0.3) is 6.08 Å². The normalized spacial score (nSPS) is 15.2. The van der Waals surface area contributed by atoms with E-state index < -0.39 is 23.9 Å². The van der Waals surface area contributed by atoms with E-state index in [0.29, 0.717) is 35.7 Å². The van der Waals surface area contributed by atoms with E-state index >= 15 is 0 Å². The Labute approximate surface area is 298 Å². The molecule has 0 saturated carbocycles. The van der Waals surface area contributed by atoms with Crippen molar-refractivity contribution in [3.05, 3.63) is 145 Å². The Kier molecular flexibility index (Phi) is 10.5. The Hall–Kier alpha value is -4.83. The molecule has 12 heteroatoms. The van der Waals surface area contributed by atoms with Gasteiger partial charge in [-0.15, -0.1) is 0 Å². The van der Waals surface area contributed by atoms with E-state index in [1.165, 1.54) is 6.07 Å². The smallest absolute Gasteiger partial charge is 0.330 e. The van der Waals surface area contributed by atoms with Gasteiger partial charge in [0.25, 0.3) is 11.8 Å². The molecule has 0 saturated heterocycles. The number of fused-ring (bicyclic) bond motifs is 2. The Morgan fingerprint density at radius 3 is 2.43 bits per heavy atom. The minimum absolute atomic E-state index is 0.0216. The van der Waals surface area contributed by atoms with Crippen LogP contribution in [-0.2, 0) is 29.1 Å². The molecule has 0 bridgehead atoms. The number of carbonyl (C=O) groups excluding carboxylic acids is 4. The number of nitrogens with one attached hydrogen (secondary N) is 3. The van der Waals surface area contributed by atoms with Gasteiger partial charge in [0.1, 0.15) is 12.6 Å². The average molecular weight is 718 g/mol. The second-order valence-electron chi connectivity index (χ2n) is 11.6. The Bertz CT molecular complexity index is 1930. The van der Waals surface area contributed by atoms with Crippen LogP contribution in [0.4, 0.5) is 4.79 Å². The standard InChI is InChI=1S/C37H31Cl3N4O5/c38-25-13-10-22(11-14-25)20-44-17-16-27-28(35(44)46)18-29(39)32(33(27)40)34(45)42-31(36(47)49-21-23-6-2-1-3-7-23)19-41-37(48)43-30-15-12-24-8-4-5-9-26(24)30/h1-15,18,30-31H,16-17,19-21H2,(H,42,45)(H2,41,43,48)/t30-,31+/m1/s1. The van der Waals surface area contributed by atoms with E-state index in [2.05, 4.69) is 16.0 Å². The molecule has 0 unspecified atom stereocenters. The largest absolute Gasteiger partial charge is 0.459 e. The second-order valence-corrected chi connectivity index (χ2v) is 12.8. The first kappa shape index (κ1) is 34.0. The summed E-state index contributed by atoms with van der Waals surface area (Å²) in [5.74, 6) is -1.81. The maximum Gasteiger partial charge on any atom is 0.330 e. The summed E-state index contributed by atoms with van der Waals surface area (Å²) in [5.41, 5.74) is 4.29. The van der Waals surface area contributed by atoms with E-state index in [9.17, 15) is 19.2 Å². The molecule has 6 rings (SSSR count). The fourth-order valence-corrected chi connectivity index (χ4v) is 6.65. The lowest BCUT2D eigenvalue weighted by atomic mass is 9.95. The molecule has 2 aliphatic rings. The summed E-state index contributed by atoms with van der Waals surface area (Å²) in [7, 11) is 0. The van der Waals surface area contributed by atoms with Crippen LogP contribution in [0.2, 0.25) is 15.1 Å². The van der Waals surface area contributed by atoms with Gasteiger partial charge in [0.15, 0.2) is 0 Å². The van der Waals surface area contributed by atoms with Crippen LogP contribution < -0.4 is 16.0 Å². The summed E-state index contributed by atoms with van der Waals surface area (Å²) in [6.45, 7) is 0.396. The zero-order valence-electron chi connectivity index (χ0n) is 26.1. The zero-order valence-corrected chi connectivity index (χ0v) is 28.3. The molecule has 1 aliphatic carbocycles. The Morgan fingerprint density at radius 1 is 0.918 bits per heavy atom. The van der Waals surface area contributed by atoms with Crippen molar-refractivity contribution in [1.29, 1.82) is 0 Å². The number of amides is 4. The first-order chi connectivity index (χ1) is 23.7. The van der Waals surface area contributed by atoms with E-state index in [1.54, 1.807) is 29.2 Å². The van der Waals surface area contributed by atoms with Crippen LogP contribution in [0.15, 0.2) is 91.0 Å². The van der Waals surface area contributed by atoms with Crippen LogP contribution in [0.1, 0.15) is 54.6 Å². The number of hydrogen-bond donors (Lipinski definition) is 3. The number of hydrogen-bond acceptors (Lipinski definition) is 5. The van der Waals surface area contributed by atoms with Crippen molar-refractivity contribution in [3.63, 3.8) is 0 Å². The molecule has 49 heavy (non-hydrogen) atoms. The summed E-state index contributed by atoms with van der Waals surface area (Å²) >= 11 is 19.3. The summed E-state index contributed by atoms with van der Waals surface area (Å²) < 4.78 is 5.51. The molecule has 0 fully saturated rings. The van der Waals surface area contributed by atoms with Crippen LogP contribution in [-0.4, -0.2) is 47.8 Å². The monoisotopic (exact) mass is 716 g/mol. The summed E-state index contributed by atoms with van der Waals surface area (Å²) in [4.78, 5) is 55.1. The van der Waals surface area contributed by atoms with Gasteiger partial charge in [0, 0.05) is 23.7 Å². The van der Waals surface area contributed by atoms with Crippen molar-refractivity contribution in [2.24, 2.45) is 0 Å². The summed E-state index contributed by atoms with van der Waals surface area (Å²) in [6, 6.07) is 23.2. The number of esters is 1. The molecule has 4 aromatic carbocycles. The lowest BCUT2D eigenvalue weighted by Crippen LogP contribution is -2.51. The van der Waals surface area contributed by atoms with Crippen molar-refractivity contribution in [2.75, 3.05) is 13.1 Å². The zero-order chi connectivity index (χ0) is 34.5. The van der Waals surface area contributed by atoms with Gasteiger partial charge in [-0.2, -0.15) is 0 Å². The van der Waals surface area contributed by atoms with Gasteiger partial charge < -0.3 is 25.6 Å². The lowest BCUT2D eigenvalue weighted by Gasteiger charge is -2.30. The number of rotatable bonds is 10. The molecular weight excluding hydrogens is 687 g/mol. The maximum atomic E-state index is 13.7. The van der Waals surface area contributed by atoms with Crippen LogP contribution >= 0.6 is 34.8 Å². The van der Waals surface area contributed by atoms with Gasteiger partial charge in [0.2, 0.25) is 0 Å². The molecule has 4 aromatic rings. The molecule has 1 heterocycles. The minimum atomic E-state index is -1.30. The van der Waals surface area contributed by atoms with Gasteiger partial charge in [-0.05, 0) is 52.4 Å². The van der Waals surface area contributed by atoms with Gasteiger partial charge >= 0.3 is 12.0 Å². The van der Waals surface area contributed by atoms with Crippen molar-refractivity contribution >= 4 is 64.7 Å². The number of halogens is 3. The predicted octanol–water partition coefficient (Wildman–Crippen LogP) is 6.75. The third-order valence-corrected chi connectivity index (χ3v) is 9.32. The Morgan fingerprint density at radius 2 is 1.65 bits per heavy atom. The second kappa shape index (κ2) is 15.2. The topological polar surface area (TPSA) is 117 Å². The molecule has 0 radical (unpaired) electrons. The molecule has 2 atom stereocenters. The fourth-order valence-electron chi connectivity index (χ4n) is 5.80. The SMILES string of the molecule is O=C(NC[C@H](NC(=O)c1c(Cl)cc2c(c1Cl)CCN(Cc1ccc(Cl)cc1)C2=O)C(=O)OCc1ccccc1)N[C@@H]1C=Cc2ccccc21. The fraction of sp³-hybridized carbons (Fsp3) is 0.189. The quantitative estimate of drug-likeness (QED) is 0.157. The number of ether oxygens (including phenoxy) is 1. The highest BCUT2D eigenvalue weighted by molar-refractivity contribution is 6.41. The minimum Gasteiger partial charge on any atom is -0.459 e. The first-order valence-electron chi connectivity index (χ1n) is 15.6. The molecule has 0 aromatic heterocycles. The molecule has 3 N–H and O–H groups in total. The van der Waals surface area contributed by atoms with Gasteiger partial charge in [-0.3, -0.25) is 9.59 Å². The van der Waals surface area contributed by atoms with Crippen molar-refractivity contribution in [2.45, 2.75) is 31.7 Å². The van der Waals surface area contributed by atoms with Gasteiger partial charge in [-0.25, -0.2) is 9.59 Å². The predicted molar refractivity (Wildman–Crippen MR) is 189 cm³/mol. The molecular formula is C37H31Cl3N4O5. The molecule has 0 spiro atoms. The van der Waals surface area contributed by atoms with Gasteiger partial charge in [0.05, 0.1) is 28.2 Å². The van der Waals surface area contributed by atoms with E-state index in [0.717, 1.165) is 22.3 Å². The average Bonchev–Trinajstić information content (AvgIpc) is 3.50. The maximum absolute atomic E-state index is 13.7. The molecule has 9 nitrogen and oxygen atoms in total. The molecule has 250 valence electrons. The summed E-state index contributed by atoms with van der Waals surface area (Å²) in [5, 5.41) is 8.73. The lowest BCUT2D eigenvalue weighted by molar-refractivity contribution is -0.147. The molecule has 1 aliphatic heterocycles. The number of carbonyl (C=O) groups is 4. The highest BCUT2D eigenvalue weighted by Crippen LogP contribution is 2.35. The Balaban J connectivity index is 1.16. The van der Waals surface area contributed by atoms with E-state index in [1.807, 2.05) is 66.7 Å². The van der Waals surface area contributed by atoms with E-state index in [4.69, 9.17) is 39.5 Å². The first-order valence-corrected chi connectivity index (χ1v) is 16.7. The van der Waals surface area contributed by atoms with Crippen molar-refractivity contribution in [3.8, 4) is 0 Å². The van der Waals surface area contributed by atoms with Crippen molar-refractivity contribution < 1.29 is 23.9 Å². The highest BCUT2D eigenvalue weighted by Gasteiger charge is 2.32. The third kappa shape index (κ3) is 7.91. The van der Waals surface area contributed by atoms with Gasteiger partial charge in [-0.1, -0.05) is 114 Å². The summed E-state index contributed by atoms with van der Waals surface area (Å²) in [6.07, 6.45) is 4.16. The number of urea groups is 1. The van der Waals surface area contributed by atoms with Crippen molar-refractivity contribution in [1.82, 2.24) is 20.9 Å². The highest BCUT2D eigenvalue weighted by atomic mass is 35.5. The van der Waals surface area contributed by atoms with Crippen LogP contribution in [0.5, 0.6) is 0 Å². The van der Waals surface area contributed by atoms with E-state index in [-0.39, 0.29) is 40.7 Å². The van der Waals surface area contributed by atoms with Crippen LogP contribution in [0.3, 0.4) is 0 Å². The number of nitrogens with zero attached hydrogens (tertiary/aromatic N) is 1. The molecule has 4 amide bonds. The number of benzene rings is 4. The third-order valence-electron chi connectivity index (χ3n) is 8.35.